The molecule has 0 spiro atoms. The van der Waals surface area contributed by atoms with Gasteiger partial charge in [-0.15, -0.1) is 0 Å². The second kappa shape index (κ2) is 5.21. The van der Waals surface area contributed by atoms with Crippen LogP contribution in [0.4, 0.5) is 13.2 Å². The zero-order valence-electron chi connectivity index (χ0n) is 9.59. The summed E-state index contributed by atoms with van der Waals surface area (Å²) in [7, 11) is -5.37. The fraction of sp³-hybridized carbons (Fsp3) is 0.875. The van der Waals surface area contributed by atoms with Gasteiger partial charge in [0.15, 0.2) is 0 Å². The van der Waals surface area contributed by atoms with Gasteiger partial charge in [-0.05, 0) is 20.8 Å². The van der Waals surface area contributed by atoms with E-state index >= 15 is 0 Å². The van der Waals surface area contributed by atoms with E-state index < -0.39 is 40.1 Å². The van der Waals surface area contributed by atoms with Gasteiger partial charge in [0, 0.05) is 6.54 Å². The number of esters is 1. The van der Waals surface area contributed by atoms with E-state index in [0.717, 1.165) is 0 Å². The van der Waals surface area contributed by atoms with Crippen LogP contribution in [0.1, 0.15) is 20.8 Å². The third kappa shape index (κ3) is 5.35. The van der Waals surface area contributed by atoms with E-state index in [2.05, 4.69) is 4.74 Å². The Labute approximate surface area is 97.4 Å². The first kappa shape index (κ1) is 16.2. The number of carbonyl (C=O) groups excluding carboxylic acids is 1. The Hall–Kier alpha value is -0.830. The van der Waals surface area contributed by atoms with Gasteiger partial charge in [0.2, 0.25) is 0 Å². The molecule has 0 aromatic rings. The molecule has 0 aliphatic heterocycles. The Bertz CT molecular complexity index is 369. The highest BCUT2D eigenvalue weighted by molar-refractivity contribution is 7.90. The maximum atomic E-state index is 11.9. The molecular formula is C8H14F3NO4S. The summed E-state index contributed by atoms with van der Waals surface area (Å²) in [4.78, 5) is 11.2. The Morgan fingerprint density at radius 3 is 2.06 bits per heavy atom. The van der Waals surface area contributed by atoms with Crippen molar-refractivity contribution in [2.45, 2.75) is 26.3 Å². The van der Waals surface area contributed by atoms with Crippen molar-refractivity contribution in [1.29, 1.82) is 0 Å². The largest absolute Gasteiger partial charge is 0.511 e. The molecule has 0 aliphatic carbocycles. The molecule has 0 aliphatic rings. The summed E-state index contributed by atoms with van der Waals surface area (Å²) >= 11 is 0. The Balaban J connectivity index is 4.09. The van der Waals surface area contributed by atoms with Crippen molar-refractivity contribution in [1.82, 2.24) is 4.72 Å². The summed E-state index contributed by atoms with van der Waals surface area (Å²) in [6, 6.07) is 0. The molecule has 0 aromatic carbocycles. The fourth-order valence-electron chi connectivity index (χ4n) is 0.618. The summed E-state index contributed by atoms with van der Waals surface area (Å²) in [5.74, 6) is -0.622. The molecule has 0 saturated carbocycles. The van der Waals surface area contributed by atoms with Crippen LogP contribution < -0.4 is 4.72 Å². The quantitative estimate of drug-likeness (QED) is 0.615. The van der Waals surface area contributed by atoms with Crippen molar-refractivity contribution >= 4 is 16.0 Å². The Morgan fingerprint density at radius 2 is 1.71 bits per heavy atom. The molecular weight excluding hydrogens is 263 g/mol. The molecule has 0 saturated heterocycles. The van der Waals surface area contributed by atoms with Gasteiger partial charge in [0.05, 0.1) is 5.41 Å². The SMILES string of the molecule is CC(C)(C)C(=O)OCCNS(=O)(=O)C(F)(F)F. The van der Waals surface area contributed by atoms with Crippen molar-refractivity contribution in [2.75, 3.05) is 13.2 Å². The van der Waals surface area contributed by atoms with Crippen LogP contribution in [0, 0.1) is 5.41 Å². The van der Waals surface area contributed by atoms with Crippen LogP contribution in [-0.2, 0) is 19.6 Å². The molecule has 0 atom stereocenters. The molecule has 0 heterocycles. The monoisotopic (exact) mass is 277 g/mol. The zero-order chi connectivity index (χ0) is 13.9. The third-order valence-corrected chi connectivity index (χ3v) is 2.74. The molecule has 0 fully saturated rings. The number of halogens is 3. The second-order valence-electron chi connectivity index (χ2n) is 4.23. The number of rotatable bonds is 4. The molecule has 0 aromatic heterocycles. The van der Waals surface area contributed by atoms with Crippen LogP contribution in [0.25, 0.3) is 0 Å². The van der Waals surface area contributed by atoms with Crippen molar-refractivity contribution in [3.8, 4) is 0 Å². The van der Waals surface area contributed by atoms with Gasteiger partial charge in [-0.2, -0.15) is 13.2 Å². The van der Waals surface area contributed by atoms with Crippen LogP contribution in [0.5, 0.6) is 0 Å². The lowest BCUT2D eigenvalue weighted by molar-refractivity contribution is -0.152. The minimum absolute atomic E-state index is 0.453. The van der Waals surface area contributed by atoms with Crippen LogP contribution >= 0.6 is 0 Å². The van der Waals surface area contributed by atoms with Crippen molar-refractivity contribution in [3.05, 3.63) is 0 Å². The molecule has 0 radical (unpaired) electrons. The molecule has 1 N–H and O–H groups in total. The van der Waals surface area contributed by atoms with Gasteiger partial charge in [0.1, 0.15) is 6.61 Å². The minimum atomic E-state index is -5.37. The summed E-state index contributed by atoms with van der Waals surface area (Å²) in [6.45, 7) is 3.62. The van der Waals surface area contributed by atoms with Gasteiger partial charge < -0.3 is 4.74 Å². The van der Waals surface area contributed by atoms with Gasteiger partial charge >= 0.3 is 21.5 Å². The fourth-order valence-corrected chi connectivity index (χ4v) is 1.13. The van der Waals surface area contributed by atoms with E-state index in [1.165, 1.54) is 4.72 Å². The molecule has 0 unspecified atom stereocenters. The first-order chi connectivity index (χ1) is 7.38. The average Bonchev–Trinajstić information content (AvgIpc) is 2.08. The number of ether oxygens (including phenoxy) is 1. The van der Waals surface area contributed by atoms with Crippen LogP contribution in [0.2, 0.25) is 0 Å². The lowest BCUT2D eigenvalue weighted by atomic mass is 9.97. The van der Waals surface area contributed by atoms with E-state index in [1.54, 1.807) is 20.8 Å². The van der Waals surface area contributed by atoms with E-state index in [0.29, 0.717) is 0 Å². The number of nitrogens with one attached hydrogen (secondary N) is 1. The molecule has 0 amide bonds. The van der Waals surface area contributed by atoms with Crippen LogP contribution in [-0.4, -0.2) is 33.0 Å². The highest BCUT2D eigenvalue weighted by Crippen LogP contribution is 2.21. The van der Waals surface area contributed by atoms with Gasteiger partial charge in [-0.1, -0.05) is 0 Å². The average molecular weight is 277 g/mol. The van der Waals surface area contributed by atoms with E-state index in [1.807, 2.05) is 0 Å². The smallest absolute Gasteiger partial charge is 0.464 e. The maximum absolute atomic E-state index is 11.9. The summed E-state index contributed by atoms with van der Waals surface area (Å²) in [5, 5.41) is 0. The van der Waals surface area contributed by atoms with Gasteiger partial charge in [0.25, 0.3) is 0 Å². The highest BCUT2D eigenvalue weighted by Gasteiger charge is 2.45. The summed E-state index contributed by atoms with van der Waals surface area (Å²) < 4.78 is 62.4. The van der Waals surface area contributed by atoms with Crippen molar-refractivity contribution in [2.24, 2.45) is 5.41 Å². The van der Waals surface area contributed by atoms with Crippen LogP contribution in [0.15, 0.2) is 0 Å². The minimum Gasteiger partial charge on any atom is -0.464 e. The second-order valence-corrected chi connectivity index (χ2v) is 5.99. The predicted octanol–water partition coefficient (Wildman–Crippen LogP) is 1.01. The topological polar surface area (TPSA) is 72.5 Å². The first-order valence-electron chi connectivity index (χ1n) is 4.61. The Kier molecular flexibility index (Phi) is 4.96. The molecule has 9 heteroatoms. The number of hydrogen-bond donors (Lipinski definition) is 1. The first-order valence-corrected chi connectivity index (χ1v) is 6.09. The summed E-state index contributed by atoms with van der Waals surface area (Å²) in [6.07, 6.45) is 0. The number of carbonyl (C=O) groups is 1. The van der Waals surface area contributed by atoms with E-state index in [4.69, 9.17) is 0 Å². The number of hydrogen-bond acceptors (Lipinski definition) is 4. The molecule has 0 rings (SSSR count). The Morgan fingerprint density at radius 1 is 1.24 bits per heavy atom. The normalized spacial score (nSPS) is 13.5. The molecule has 102 valence electrons. The maximum Gasteiger partial charge on any atom is 0.511 e. The van der Waals surface area contributed by atoms with E-state index in [-0.39, 0.29) is 0 Å². The third-order valence-electron chi connectivity index (χ3n) is 1.54. The van der Waals surface area contributed by atoms with Crippen molar-refractivity contribution < 1.29 is 31.1 Å². The van der Waals surface area contributed by atoms with Gasteiger partial charge in [-0.3, -0.25) is 4.79 Å². The lowest BCUT2D eigenvalue weighted by Gasteiger charge is -2.16. The molecule has 17 heavy (non-hydrogen) atoms. The molecule has 0 bridgehead atoms. The zero-order valence-corrected chi connectivity index (χ0v) is 10.4. The van der Waals surface area contributed by atoms with Gasteiger partial charge in [-0.25, -0.2) is 13.1 Å². The van der Waals surface area contributed by atoms with E-state index in [9.17, 15) is 26.4 Å². The number of alkyl halides is 3. The molecule has 5 nitrogen and oxygen atoms in total. The van der Waals surface area contributed by atoms with Crippen molar-refractivity contribution in [3.63, 3.8) is 0 Å². The summed E-state index contributed by atoms with van der Waals surface area (Å²) in [5.41, 5.74) is -6.15. The predicted molar refractivity (Wildman–Crippen MR) is 53.4 cm³/mol. The number of sulfonamides is 1. The highest BCUT2D eigenvalue weighted by atomic mass is 32.2. The van der Waals surface area contributed by atoms with Crippen LogP contribution in [0.3, 0.4) is 0 Å². The lowest BCUT2D eigenvalue weighted by Crippen LogP contribution is -2.38. The standard InChI is InChI=1S/C8H14F3NO4S/c1-7(2,3)6(13)16-5-4-12-17(14,15)8(9,10)11/h12H,4-5H2,1-3H3.